The standard InChI is InChI=1S/C17H10BrF3N4/c1-25-8-11-4-10(5-12(16(11)24-25)17(19,20)21)9-2-3-13-14(6-9)22-7-15(18)23-13/h2-8H,1H3. The fraction of sp³-hybridized carbons (Fsp3) is 0.118. The van der Waals surface area contributed by atoms with Crippen LogP contribution in [0.25, 0.3) is 33.1 Å². The highest BCUT2D eigenvalue weighted by atomic mass is 79.9. The van der Waals surface area contributed by atoms with Crippen LogP contribution in [-0.2, 0) is 13.2 Å². The van der Waals surface area contributed by atoms with Crippen molar-refractivity contribution in [2.75, 3.05) is 0 Å². The highest BCUT2D eigenvalue weighted by molar-refractivity contribution is 9.10. The maximum Gasteiger partial charge on any atom is 0.418 e. The molecule has 0 atom stereocenters. The van der Waals surface area contributed by atoms with Gasteiger partial charge in [-0.25, -0.2) is 4.98 Å². The number of hydrogen-bond acceptors (Lipinski definition) is 3. The molecule has 0 aliphatic heterocycles. The molecule has 0 unspecified atom stereocenters. The number of halogens is 4. The highest BCUT2D eigenvalue weighted by Crippen LogP contribution is 2.37. The predicted molar refractivity (Wildman–Crippen MR) is 91.9 cm³/mol. The fourth-order valence-electron chi connectivity index (χ4n) is 2.81. The van der Waals surface area contributed by atoms with Gasteiger partial charge in [-0.05, 0) is 51.3 Å². The van der Waals surface area contributed by atoms with E-state index >= 15 is 0 Å². The summed E-state index contributed by atoms with van der Waals surface area (Å²) in [5.74, 6) is 0. The van der Waals surface area contributed by atoms with Gasteiger partial charge in [0.1, 0.15) is 10.1 Å². The molecule has 0 fully saturated rings. The SMILES string of the molecule is Cn1cc2cc(-c3ccc4nc(Br)cnc4c3)cc(C(F)(F)F)c2n1. The van der Waals surface area contributed by atoms with E-state index in [9.17, 15) is 13.2 Å². The minimum absolute atomic E-state index is 0.0525. The van der Waals surface area contributed by atoms with Gasteiger partial charge in [0, 0.05) is 18.6 Å². The second-order valence-corrected chi connectivity index (χ2v) is 6.47. The molecule has 0 spiro atoms. The van der Waals surface area contributed by atoms with Gasteiger partial charge in [0.25, 0.3) is 0 Å². The first-order valence-electron chi connectivity index (χ1n) is 7.28. The molecule has 4 nitrogen and oxygen atoms in total. The monoisotopic (exact) mass is 406 g/mol. The molecule has 8 heteroatoms. The lowest BCUT2D eigenvalue weighted by molar-refractivity contribution is -0.136. The second-order valence-electron chi connectivity index (χ2n) is 5.66. The van der Waals surface area contributed by atoms with Crippen molar-refractivity contribution in [2.45, 2.75) is 6.18 Å². The van der Waals surface area contributed by atoms with Crippen LogP contribution >= 0.6 is 15.9 Å². The molecule has 0 amide bonds. The molecular formula is C17H10BrF3N4. The Morgan fingerprint density at radius 1 is 1.04 bits per heavy atom. The van der Waals surface area contributed by atoms with Crippen molar-refractivity contribution >= 4 is 37.9 Å². The van der Waals surface area contributed by atoms with Gasteiger partial charge in [0.2, 0.25) is 0 Å². The summed E-state index contributed by atoms with van der Waals surface area (Å²) < 4.78 is 42.3. The quantitative estimate of drug-likeness (QED) is 0.448. The number of aryl methyl sites for hydroxylation is 1. The molecule has 0 saturated heterocycles. The summed E-state index contributed by atoms with van der Waals surface area (Å²) in [4.78, 5) is 8.54. The first-order chi connectivity index (χ1) is 11.8. The average molecular weight is 407 g/mol. The van der Waals surface area contributed by atoms with Gasteiger partial charge in [-0.1, -0.05) is 6.07 Å². The lowest BCUT2D eigenvalue weighted by Crippen LogP contribution is -2.06. The molecule has 4 rings (SSSR count). The van der Waals surface area contributed by atoms with Crippen LogP contribution in [0.5, 0.6) is 0 Å². The Kier molecular flexibility index (Phi) is 3.54. The van der Waals surface area contributed by atoms with E-state index in [1.54, 1.807) is 43.7 Å². The molecule has 2 heterocycles. The normalized spacial score (nSPS) is 12.2. The van der Waals surface area contributed by atoms with E-state index in [4.69, 9.17) is 0 Å². The lowest BCUT2D eigenvalue weighted by atomic mass is 9.99. The Morgan fingerprint density at radius 3 is 2.60 bits per heavy atom. The van der Waals surface area contributed by atoms with E-state index in [2.05, 4.69) is 31.0 Å². The molecule has 0 radical (unpaired) electrons. The van der Waals surface area contributed by atoms with E-state index in [0.717, 1.165) is 6.07 Å². The van der Waals surface area contributed by atoms with Crippen LogP contribution in [0.2, 0.25) is 0 Å². The molecule has 2 aromatic carbocycles. The number of nitrogens with zero attached hydrogens (tertiary/aromatic N) is 4. The Balaban J connectivity index is 1.96. The molecule has 0 aliphatic rings. The molecule has 2 aromatic heterocycles. The van der Waals surface area contributed by atoms with Crippen molar-refractivity contribution in [1.29, 1.82) is 0 Å². The van der Waals surface area contributed by atoms with Crippen LogP contribution in [0.15, 0.2) is 47.3 Å². The van der Waals surface area contributed by atoms with Gasteiger partial charge in [0.15, 0.2) is 0 Å². The summed E-state index contributed by atoms with van der Waals surface area (Å²) in [6.45, 7) is 0. The van der Waals surface area contributed by atoms with Crippen molar-refractivity contribution in [1.82, 2.24) is 19.7 Å². The molecule has 126 valence electrons. The van der Waals surface area contributed by atoms with Gasteiger partial charge in [-0.15, -0.1) is 0 Å². The first-order valence-corrected chi connectivity index (χ1v) is 8.08. The largest absolute Gasteiger partial charge is 0.418 e. The van der Waals surface area contributed by atoms with Gasteiger partial charge in [0.05, 0.1) is 22.8 Å². The number of rotatable bonds is 1. The Labute approximate surface area is 148 Å². The van der Waals surface area contributed by atoms with E-state index in [1.807, 2.05) is 0 Å². The Bertz CT molecular complexity index is 1120. The van der Waals surface area contributed by atoms with Gasteiger partial charge < -0.3 is 0 Å². The van der Waals surface area contributed by atoms with Crippen LogP contribution in [0, 0.1) is 0 Å². The maximum atomic E-state index is 13.4. The van der Waals surface area contributed by atoms with E-state index in [1.165, 1.54) is 4.68 Å². The van der Waals surface area contributed by atoms with Crippen LogP contribution < -0.4 is 0 Å². The minimum Gasteiger partial charge on any atom is -0.275 e. The van der Waals surface area contributed by atoms with Gasteiger partial charge in [-0.3, -0.25) is 9.67 Å². The molecule has 0 N–H and O–H groups in total. The number of aromatic nitrogens is 4. The number of alkyl halides is 3. The maximum absolute atomic E-state index is 13.4. The molecule has 25 heavy (non-hydrogen) atoms. The molecule has 0 saturated carbocycles. The summed E-state index contributed by atoms with van der Waals surface area (Å²) in [7, 11) is 1.60. The number of benzene rings is 2. The average Bonchev–Trinajstić information content (AvgIpc) is 2.92. The minimum atomic E-state index is -4.48. The topological polar surface area (TPSA) is 43.6 Å². The summed E-state index contributed by atoms with van der Waals surface area (Å²) in [6.07, 6.45) is -1.35. The number of fused-ring (bicyclic) bond motifs is 2. The summed E-state index contributed by atoms with van der Waals surface area (Å²) in [5, 5.41) is 4.38. The molecule has 0 bridgehead atoms. The summed E-state index contributed by atoms with van der Waals surface area (Å²) >= 11 is 3.25. The van der Waals surface area contributed by atoms with E-state index < -0.39 is 11.7 Å². The van der Waals surface area contributed by atoms with Crippen LogP contribution in [0.3, 0.4) is 0 Å². The molecular weight excluding hydrogens is 397 g/mol. The van der Waals surface area contributed by atoms with Crippen LogP contribution in [0.1, 0.15) is 5.56 Å². The zero-order valence-corrected chi connectivity index (χ0v) is 14.4. The smallest absolute Gasteiger partial charge is 0.275 e. The van der Waals surface area contributed by atoms with Crippen molar-refractivity contribution in [2.24, 2.45) is 7.05 Å². The summed E-state index contributed by atoms with van der Waals surface area (Å²) in [5.41, 5.74) is 1.57. The predicted octanol–water partition coefficient (Wildman–Crippen LogP) is 4.96. The van der Waals surface area contributed by atoms with E-state index in [-0.39, 0.29) is 5.52 Å². The van der Waals surface area contributed by atoms with Crippen molar-refractivity contribution in [3.8, 4) is 11.1 Å². The Morgan fingerprint density at radius 2 is 1.84 bits per heavy atom. The Hall–Kier alpha value is -2.48. The summed E-state index contributed by atoms with van der Waals surface area (Å²) in [6, 6.07) is 8.03. The van der Waals surface area contributed by atoms with Gasteiger partial charge in [-0.2, -0.15) is 18.3 Å². The van der Waals surface area contributed by atoms with Crippen LogP contribution in [-0.4, -0.2) is 19.7 Å². The molecule has 4 aromatic rings. The van der Waals surface area contributed by atoms with Crippen molar-refractivity contribution in [3.63, 3.8) is 0 Å². The zero-order valence-electron chi connectivity index (χ0n) is 12.8. The third kappa shape index (κ3) is 2.86. The van der Waals surface area contributed by atoms with Crippen molar-refractivity contribution < 1.29 is 13.2 Å². The third-order valence-corrected chi connectivity index (χ3v) is 4.26. The van der Waals surface area contributed by atoms with Crippen molar-refractivity contribution in [3.05, 3.63) is 52.9 Å². The zero-order chi connectivity index (χ0) is 17.8. The fourth-order valence-corrected chi connectivity index (χ4v) is 3.10. The first kappa shape index (κ1) is 16.0. The van der Waals surface area contributed by atoms with Gasteiger partial charge >= 0.3 is 6.18 Å². The number of hydrogen-bond donors (Lipinski definition) is 0. The van der Waals surface area contributed by atoms with E-state index in [0.29, 0.717) is 32.1 Å². The second kappa shape index (κ2) is 5.52. The van der Waals surface area contributed by atoms with Crippen LogP contribution in [0.4, 0.5) is 13.2 Å². The lowest BCUT2D eigenvalue weighted by Gasteiger charge is -2.10. The molecule has 0 aliphatic carbocycles. The highest BCUT2D eigenvalue weighted by Gasteiger charge is 2.34. The third-order valence-electron chi connectivity index (χ3n) is 3.87.